The molecule has 0 aliphatic rings. The van der Waals surface area contributed by atoms with Crippen molar-refractivity contribution in [2.45, 2.75) is 32.7 Å². The van der Waals surface area contributed by atoms with Gasteiger partial charge in [0, 0.05) is 13.0 Å². The van der Waals surface area contributed by atoms with Crippen LogP contribution in [0.4, 0.5) is 4.79 Å². The lowest BCUT2D eigenvalue weighted by molar-refractivity contribution is -0.139. The molecule has 2 amide bonds. The number of nitrogens with one attached hydrogen (secondary N) is 2. The second-order valence-electron chi connectivity index (χ2n) is 4.52. The predicted molar refractivity (Wildman–Crippen MR) is 65.4 cm³/mol. The van der Waals surface area contributed by atoms with Gasteiger partial charge in [-0.15, -0.1) is 0 Å². The van der Waals surface area contributed by atoms with Gasteiger partial charge in [0.1, 0.15) is 6.04 Å². The molecule has 0 saturated carbocycles. The molecule has 106 valence electrons. The molecule has 1 aromatic heterocycles. The number of nitrogens with zero attached hydrogens (tertiary/aromatic N) is 2. The lowest BCUT2D eigenvalue weighted by atomic mass is 10.0. The Morgan fingerprint density at radius 2 is 2.21 bits per heavy atom. The topological polar surface area (TPSA) is 117 Å². The molecule has 8 nitrogen and oxygen atoms in total. The van der Waals surface area contributed by atoms with Crippen LogP contribution in [0, 0.1) is 5.92 Å². The summed E-state index contributed by atoms with van der Waals surface area (Å²) in [6.45, 7) is 4.09. The molecule has 1 heterocycles. The number of amides is 2. The summed E-state index contributed by atoms with van der Waals surface area (Å²) in [4.78, 5) is 26.3. The van der Waals surface area contributed by atoms with Gasteiger partial charge in [-0.05, 0) is 12.3 Å². The van der Waals surface area contributed by atoms with Crippen molar-refractivity contribution in [3.05, 3.63) is 12.2 Å². The fraction of sp³-hybridized carbons (Fsp3) is 0.636. The summed E-state index contributed by atoms with van der Waals surface area (Å²) in [5, 5.41) is 17.5. The number of carboxylic acids is 1. The van der Waals surface area contributed by atoms with Crippen LogP contribution in [0.15, 0.2) is 10.9 Å². The number of carbonyl (C=O) groups excluding carboxylic acids is 1. The number of aliphatic carboxylic acids is 1. The van der Waals surface area contributed by atoms with Crippen LogP contribution in [0.1, 0.15) is 26.1 Å². The second kappa shape index (κ2) is 7.34. The van der Waals surface area contributed by atoms with E-state index in [1.54, 1.807) is 0 Å². The summed E-state index contributed by atoms with van der Waals surface area (Å²) >= 11 is 0. The summed E-state index contributed by atoms with van der Waals surface area (Å²) in [7, 11) is 0. The lowest BCUT2D eigenvalue weighted by Gasteiger charge is -2.16. The highest BCUT2D eigenvalue weighted by Crippen LogP contribution is 2.04. The normalized spacial score (nSPS) is 12.2. The van der Waals surface area contributed by atoms with Gasteiger partial charge in [0.2, 0.25) is 6.39 Å². The van der Waals surface area contributed by atoms with Crippen LogP contribution in [-0.4, -0.2) is 39.8 Å². The molecule has 19 heavy (non-hydrogen) atoms. The molecular formula is C11H18N4O4. The molecule has 3 N–H and O–H groups in total. The molecule has 0 fully saturated rings. The maximum absolute atomic E-state index is 11.5. The van der Waals surface area contributed by atoms with Crippen molar-refractivity contribution >= 4 is 12.0 Å². The van der Waals surface area contributed by atoms with Gasteiger partial charge in [-0.25, -0.2) is 9.59 Å². The van der Waals surface area contributed by atoms with E-state index >= 15 is 0 Å². The van der Waals surface area contributed by atoms with Crippen LogP contribution in [0.5, 0.6) is 0 Å². The minimum absolute atomic E-state index is 0.181. The molecule has 0 spiro atoms. The zero-order valence-corrected chi connectivity index (χ0v) is 10.9. The lowest BCUT2D eigenvalue weighted by Crippen LogP contribution is -2.47. The molecule has 8 heteroatoms. The number of hydrogen-bond donors (Lipinski definition) is 3. The number of urea groups is 1. The van der Waals surface area contributed by atoms with Gasteiger partial charge < -0.3 is 20.3 Å². The van der Waals surface area contributed by atoms with Crippen LogP contribution in [0.3, 0.4) is 0 Å². The highest BCUT2D eigenvalue weighted by molar-refractivity contribution is 5.82. The average molecular weight is 270 g/mol. The summed E-state index contributed by atoms with van der Waals surface area (Å²) in [6.07, 6.45) is 2.01. The van der Waals surface area contributed by atoms with Crippen LogP contribution < -0.4 is 10.6 Å². The van der Waals surface area contributed by atoms with E-state index in [9.17, 15) is 9.59 Å². The smallest absolute Gasteiger partial charge is 0.326 e. The maximum atomic E-state index is 11.5. The minimum Gasteiger partial charge on any atom is -0.480 e. The quantitative estimate of drug-likeness (QED) is 0.660. The van der Waals surface area contributed by atoms with Crippen molar-refractivity contribution < 1.29 is 19.2 Å². The average Bonchev–Trinajstić information content (AvgIpc) is 2.80. The van der Waals surface area contributed by atoms with Gasteiger partial charge in [-0.3, -0.25) is 0 Å². The molecule has 0 bridgehead atoms. The predicted octanol–water partition coefficient (Wildman–Crippen LogP) is 0.411. The van der Waals surface area contributed by atoms with E-state index in [-0.39, 0.29) is 5.92 Å². The minimum atomic E-state index is -1.04. The van der Waals surface area contributed by atoms with Crippen molar-refractivity contribution in [3.8, 4) is 0 Å². The van der Waals surface area contributed by atoms with Gasteiger partial charge >= 0.3 is 12.0 Å². The summed E-state index contributed by atoms with van der Waals surface area (Å²) in [6, 6.07) is -1.40. The Kier molecular flexibility index (Phi) is 5.77. The van der Waals surface area contributed by atoms with E-state index in [4.69, 9.17) is 5.11 Å². The van der Waals surface area contributed by atoms with Crippen LogP contribution >= 0.6 is 0 Å². The highest BCUT2D eigenvalue weighted by Gasteiger charge is 2.20. The van der Waals surface area contributed by atoms with Gasteiger partial charge in [0.05, 0.1) is 0 Å². The largest absolute Gasteiger partial charge is 0.480 e. The molecule has 0 aliphatic heterocycles. The highest BCUT2D eigenvalue weighted by atomic mass is 16.5. The standard InChI is InChI=1S/C11H18N4O4/c1-7(2)5-8(10(16)17)14-11(18)12-4-3-9-13-6-19-15-9/h6-8H,3-5H2,1-2H3,(H,16,17)(H2,12,14,18)/t8-/m1/s1. The zero-order valence-electron chi connectivity index (χ0n) is 10.9. The van der Waals surface area contributed by atoms with Gasteiger partial charge in [-0.2, -0.15) is 4.98 Å². The van der Waals surface area contributed by atoms with Crippen molar-refractivity contribution in [1.29, 1.82) is 0 Å². The number of carbonyl (C=O) groups is 2. The first kappa shape index (κ1) is 14.9. The molecule has 1 rings (SSSR count). The molecule has 0 radical (unpaired) electrons. The molecular weight excluding hydrogens is 252 g/mol. The van der Waals surface area contributed by atoms with Crippen molar-refractivity contribution in [1.82, 2.24) is 20.8 Å². The SMILES string of the molecule is CC(C)C[C@@H](NC(=O)NCCc1ncon1)C(=O)O. The van der Waals surface area contributed by atoms with Crippen LogP contribution in [0.25, 0.3) is 0 Å². The third-order valence-corrected chi connectivity index (χ3v) is 2.35. The molecule has 0 aromatic carbocycles. The summed E-state index contributed by atoms with van der Waals surface area (Å²) in [5.41, 5.74) is 0. The first-order valence-electron chi connectivity index (χ1n) is 6.01. The summed E-state index contributed by atoms with van der Waals surface area (Å²) < 4.78 is 4.54. The Morgan fingerprint density at radius 1 is 1.47 bits per heavy atom. The van der Waals surface area contributed by atoms with E-state index in [2.05, 4.69) is 25.3 Å². The fourth-order valence-electron chi connectivity index (χ4n) is 1.49. The van der Waals surface area contributed by atoms with Crippen molar-refractivity contribution in [2.75, 3.05) is 6.54 Å². The first-order valence-corrected chi connectivity index (χ1v) is 6.01. The Labute approximate surface area is 110 Å². The van der Waals surface area contributed by atoms with Gasteiger partial charge in [-0.1, -0.05) is 19.0 Å². The Bertz CT molecular complexity index is 405. The molecule has 1 aromatic rings. The second-order valence-corrected chi connectivity index (χ2v) is 4.52. The monoisotopic (exact) mass is 270 g/mol. The Hall–Kier alpha value is -2.12. The van der Waals surface area contributed by atoms with Crippen LogP contribution in [0.2, 0.25) is 0 Å². The molecule has 0 unspecified atom stereocenters. The maximum Gasteiger partial charge on any atom is 0.326 e. The summed E-state index contributed by atoms with van der Waals surface area (Å²) in [5.74, 6) is -0.375. The van der Waals surface area contributed by atoms with E-state index < -0.39 is 18.0 Å². The molecule has 1 atom stereocenters. The first-order chi connectivity index (χ1) is 8.99. The van der Waals surface area contributed by atoms with Crippen LogP contribution in [-0.2, 0) is 11.2 Å². The molecule has 0 saturated heterocycles. The Balaban J connectivity index is 2.30. The van der Waals surface area contributed by atoms with Crippen molar-refractivity contribution in [2.24, 2.45) is 5.92 Å². The molecule has 0 aliphatic carbocycles. The third-order valence-electron chi connectivity index (χ3n) is 2.35. The van der Waals surface area contributed by atoms with Crippen molar-refractivity contribution in [3.63, 3.8) is 0 Å². The number of hydrogen-bond acceptors (Lipinski definition) is 5. The fourth-order valence-corrected chi connectivity index (χ4v) is 1.49. The van der Waals surface area contributed by atoms with E-state index in [1.165, 1.54) is 6.39 Å². The van der Waals surface area contributed by atoms with E-state index in [1.807, 2.05) is 13.8 Å². The number of aromatic nitrogens is 2. The van der Waals surface area contributed by atoms with E-state index in [0.29, 0.717) is 25.2 Å². The zero-order chi connectivity index (χ0) is 14.3. The van der Waals surface area contributed by atoms with E-state index in [0.717, 1.165) is 0 Å². The number of carboxylic acid groups (broad SMARTS) is 1. The number of rotatable bonds is 7. The Morgan fingerprint density at radius 3 is 2.74 bits per heavy atom. The van der Waals surface area contributed by atoms with Gasteiger partial charge in [0.25, 0.3) is 0 Å². The third kappa shape index (κ3) is 5.84. The van der Waals surface area contributed by atoms with Gasteiger partial charge in [0.15, 0.2) is 5.82 Å².